The Morgan fingerprint density at radius 1 is 1.50 bits per heavy atom. The SMILES string of the molecule is CC.CC(C)C(=O)CCc1nccs1. The predicted octanol–water partition coefficient (Wildman–Crippen LogP) is 3.33. The molecule has 14 heavy (non-hydrogen) atoms. The Morgan fingerprint density at radius 3 is 2.57 bits per heavy atom. The molecule has 0 aliphatic rings. The normalized spacial score (nSPS) is 9.50. The van der Waals surface area contributed by atoms with Crippen molar-refractivity contribution in [3.8, 4) is 0 Å². The van der Waals surface area contributed by atoms with Crippen molar-refractivity contribution in [2.75, 3.05) is 0 Å². The molecule has 0 saturated heterocycles. The summed E-state index contributed by atoms with van der Waals surface area (Å²) >= 11 is 1.61. The van der Waals surface area contributed by atoms with Crippen molar-refractivity contribution >= 4 is 17.1 Å². The smallest absolute Gasteiger partial charge is 0.135 e. The summed E-state index contributed by atoms with van der Waals surface area (Å²) in [7, 11) is 0. The summed E-state index contributed by atoms with van der Waals surface area (Å²) in [6.45, 7) is 7.87. The van der Waals surface area contributed by atoms with Gasteiger partial charge in [0.1, 0.15) is 5.78 Å². The molecule has 0 aromatic carbocycles. The molecular weight excluding hydrogens is 194 g/mol. The van der Waals surface area contributed by atoms with E-state index in [4.69, 9.17) is 0 Å². The number of nitrogens with zero attached hydrogens (tertiary/aromatic N) is 1. The number of hydrogen-bond acceptors (Lipinski definition) is 3. The fourth-order valence-electron chi connectivity index (χ4n) is 0.895. The summed E-state index contributed by atoms with van der Waals surface area (Å²) in [6, 6.07) is 0. The van der Waals surface area contributed by atoms with Gasteiger partial charge >= 0.3 is 0 Å². The van der Waals surface area contributed by atoms with Gasteiger partial charge in [-0.05, 0) is 0 Å². The second-order valence-corrected chi connectivity index (χ2v) is 4.03. The Hall–Kier alpha value is -0.700. The van der Waals surface area contributed by atoms with E-state index in [-0.39, 0.29) is 5.92 Å². The first kappa shape index (κ1) is 13.3. The van der Waals surface area contributed by atoms with Crippen LogP contribution in [0.15, 0.2) is 11.6 Å². The van der Waals surface area contributed by atoms with Gasteiger partial charge in [-0.15, -0.1) is 11.3 Å². The van der Waals surface area contributed by atoms with Gasteiger partial charge in [0.25, 0.3) is 0 Å². The average molecular weight is 213 g/mol. The third-order valence-electron chi connectivity index (χ3n) is 1.71. The van der Waals surface area contributed by atoms with Crippen LogP contribution in [0, 0.1) is 5.92 Å². The third-order valence-corrected chi connectivity index (χ3v) is 2.55. The zero-order chi connectivity index (χ0) is 11.0. The lowest BCUT2D eigenvalue weighted by Gasteiger charge is -2.00. The fraction of sp³-hybridized carbons (Fsp3) is 0.636. The molecule has 1 aromatic rings. The highest BCUT2D eigenvalue weighted by Crippen LogP contribution is 2.09. The van der Waals surface area contributed by atoms with Crippen LogP contribution in [0.5, 0.6) is 0 Å². The van der Waals surface area contributed by atoms with E-state index in [0.717, 1.165) is 11.4 Å². The largest absolute Gasteiger partial charge is 0.299 e. The van der Waals surface area contributed by atoms with Gasteiger partial charge in [0.05, 0.1) is 5.01 Å². The quantitative estimate of drug-likeness (QED) is 0.768. The summed E-state index contributed by atoms with van der Waals surface area (Å²) in [5, 5.41) is 3.00. The van der Waals surface area contributed by atoms with Gasteiger partial charge in [0.15, 0.2) is 0 Å². The van der Waals surface area contributed by atoms with Gasteiger partial charge in [-0.1, -0.05) is 27.7 Å². The number of aromatic nitrogens is 1. The van der Waals surface area contributed by atoms with Crippen LogP contribution in [-0.4, -0.2) is 10.8 Å². The van der Waals surface area contributed by atoms with E-state index in [1.54, 1.807) is 17.5 Å². The summed E-state index contributed by atoms with van der Waals surface area (Å²) in [5.41, 5.74) is 0. The minimum atomic E-state index is 0.157. The van der Waals surface area contributed by atoms with E-state index >= 15 is 0 Å². The molecule has 0 aliphatic carbocycles. The van der Waals surface area contributed by atoms with Gasteiger partial charge in [-0.25, -0.2) is 4.98 Å². The Labute approximate surface area is 90.4 Å². The zero-order valence-electron chi connectivity index (χ0n) is 9.41. The minimum absolute atomic E-state index is 0.157. The second kappa shape index (κ2) is 7.68. The van der Waals surface area contributed by atoms with E-state index in [1.165, 1.54) is 0 Å². The van der Waals surface area contributed by atoms with Crippen molar-refractivity contribution in [2.24, 2.45) is 5.92 Å². The van der Waals surface area contributed by atoms with Gasteiger partial charge < -0.3 is 0 Å². The molecule has 80 valence electrons. The van der Waals surface area contributed by atoms with Crippen molar-refractivity contribution in [2.45, 2.75) is 40.5 Å². The predicted molar refractivity (Wildman–Crippen MR) is 61.6 cm³/mol. The molecule has 0 aliphatic heterocycles. The van der Waals surface area contributed by atoms with E-state index in [9.17, 15) is 4.79 Å². The molecule has 0 saturated carbocycles. The Kier molecular flexibility index (Phi) is 7.30. The van der Waals surface area contributed by atoms with E-state index in [1.807, 2.05) is 33.1 Å². The monoisotopic (exact) mass is 213 g/mol. The van der Waals surface area contributed by atoms with Gasteiger partial charge in [-0.3, -0.25) is 4.79 Å². The summed E-state index contributed by atoms with van der Waals surface area (Å²) in [4.78, 5) is 15.3. The molecule has 1 rings (SSSR count). The number of thiazole rings is 1. The van der Waals surface area contributed by atoms with Crippen LogP contribution in [0.4, 0.5) is 0 Å². The summed E-state index contributed by atoms with van der Waals surface area (Å²) in [5.74, 6) is 0.482. The van der Waals surface area contributed by atoms with Gasteiger partial charge in [0.2, 0.25) is 0 Å². The number of Topliss-reactive ketones (excluding diaryl/α,β-unsaturated/α-hetero) is 1. The molecule has 0 amide bonds. The fourth-order valence-corrected chi connectivity index (χ4v) is 1.52. The van der Waals surface area contributed by atoms with Crippen LogP contribution in [0.25, 0.3) is 0 Å². The van der Waals surface area contributed by atoms with E-state index in [0.29, 0.717) is 12.2 Å². The Bertz CT molecular complexity index is 242. The number of aryl methyl sites for hydroxylation is 1. The maximum absolute atomic E-state index is 11.2. The van der Waals surface area contributed by atoms with Crippen LogP contribution in [0.2, 0.25) is 0 Å². The number of hydrogen-bond donors (Lipinski definition) is 0. The highest BCUT2D eigenvalue weighted by atomic mass is 32.1. The molecule has 1 aromatic heterocycles. The van der Waals surface area contributed by atoms with Gasteiger partial charge in [0, 0.05) is 30.3 Å². The summed E-state index contributed by atoms with van der Waals surface area (Å²) < 4.78 is 0. The average Bonchev–Trinajstić information content (AvgIpc) is 2.69. The molecule has 0 spiro atoms. The topological polar surface area (TPSA) is 30.0 Å². The maximum Gasteiger partial charge on any atom is 0.135 e. The van der Waals surface area contributed by atoms with Crippen LogP contribution >= 0.6 is 11.3 Å². The minimum Gasteiger partial charge on any atom is -0.299 e. The number of rotatable bonds is 4. The number of carbonyl (C=O) groups excluding carboxylic acids is 1. The standard InChI is InChI=1S/C9H13NOS.C2H6/c1-7(2)8(11)3-4-9-10-5-6-12-9;1-2/h5-7H,3-4H2,1-2H3;1-2H3. The first-order valence-electron chi connectivity index (χ1n) is 5.11. The van der Waals surface area contributed by atoms with Crippen LogP contribution in [0.1, 0.15) is 39.1 Å². The molecule has 0 fully saturated rings. The first-order chi connectivity index (χ1) is 6.70. The van der Waals surface area contributed by atoms with Crippen molar-refractivity contribution in [3.63, 3.8) is 0 Å². The molecule has 0 N–H and O–H groups in total. The highest BCUT2D eigenvalue weighted by Gasteiger charge is 2.07. The number of ketones is 1. The molecule has 3 heteroatoms. The summed E-state index contributed by atoms with van der Waals surface area (Å²) in [6.07, 6.45) is 3.21. The second-order valence-electron chi connectivity index (χ2n) is 3.05. The van der Waals surface area contributed by atoms with Crippen molar-refractivity contribution in [3.05, 3.63) is 16.6 Å². The maximum atomic E-state index is 11.2. The van der Waals surface area contributed by atoms with Crippen molar-refractivity contribution < 1.29 is 4.79 Å². The van der Waals surface area contributed by atoms with Crippen LogP contribution < -0.4 is 0 Å². The molecule has 0 radical (unpaired) electrons. The lowest BCUT2D eigenvalue weighted by molar-refractivity contribution is -0.121. The Balaban J connectivity index is 0.000000791. The molecule has 0 unspecified atom stereocenters. The molecular formula is C11H19NOS. The van der Waals surface area contributed by atoms with Crippen molar-refractivity contribution in [1.29, 1.82) is 0 Å². The van der Waals surface area contributed by atoms with Crippen LogP contribution in [0.3, 0.4) is 0 Å². The van der Waals surface area contributed by atoms with Gasteiger partial charge in [-0.2, -0.15) is 0 Å². The zero-order valence-corrected chi connectivity index (χ0v) is 10.2. The van der Waals surface area contributed by atoms with Crippen molar-refractivity contribution in [1.82, 2.24) is 4.98 Å². The third kappa shape index (κ3) is 5.12. The first-order valence-corrected chi connectivity index (χ1v) is 5.99. The lowest BCUT2D eigenvalue weighted by atomic mass is 10.1. The number of carbonyl (C=O) groups is 1. The molecule has 1 heterocycles. The molecule has 2 nitrogen and oxygen atoms in total. The van der Waals surface area contributed by atoms with E-state index in [2.05, 4.69) is 4.98 Å². The van der Waals surface area contributed by atoms with Crippen LogP contribution in [-0.2, 0) is 11.2 Å². The Morgan fingerprint density at radius 2 is 2.14 bits per heavy atom. The highest BCUT2D eigenvalue weighted by molar-refractivity contribution is 7.09. The van der Waals surface area contributed by atoms with E-state index < -0.39 is 0 Å². The molecule has 0 bridgehead atoms. The lowest BCUT2D eigenvalue weighted by Crippen LogP contribution is -2.07. The molecule has 0 atom stereocenters.